The third-order valence-electron chi connectivity index (χ3n) is 4.14. The fraction of sp³-hybridized carbons (Fsp3) is 0.150. The fourth-order valence-corrected chi connectivity index (χ4v) is 2.82. The van der Waals surface area contributed by atoms with E-state index in [1.165, 1.54) is 17.7 Å². The molecule has 1 N–H and O–H groups in total. The van der Waals surface area contributed by atoms with Crippen molar-refractivity contribution in [3.05, 3.63) is 59.2 Å². The van der Waals surface area contributed by atoms with Crippen LogP contribution in [0.25, 0.3) is 6.08 Å². The predicted molar refractivity (Wildman–Crippen MR) is 105 cm³/mol. The molecule has 3 rings (SSSR count). The van der Waals surface area contributed by atoms with Crippen molar-refractivity contribution in [1.29, 1.82) is 5.26 Å². The van der Waals surface area contributed by atoms with Crippen LogP contribution >= 0.6 is 0 Å². The molecule has 156 valence electrons. The lowest BCUT2D eigenvalue weighted by Crippen LogP contribution is -2.12. The Morgan fingerprint density at radius 2 is 1.97 bits per heavy atom. The minimum absolute atomic E-state index is 0.0594. The Morgan fingerprint density at radius 3 is 2.53 bits per heavy atom. The molecule has 0 aromatic heterocycles. The zero-order valence-electron chi connectivity index (χ0n) is 16.1. The van der Waals surface area contributed by atoms with Crippen LogP contribution in [0, 0.1) is 11.3 Å². The Labute approximate surface area is 173 Å². The van der Waals surface area contributed by atoms with Gasteiger partial charge in [-0.3, -0.25) is 4.79 Å². The summed E-state index contributed by atoms with van der Waals surface area (Å²) < 4.78 is 28.3. The Bertz CT molecular complexity index is 1160. The summed E-state index contributed by atoms with van der Waals surface area (Å²) in [6, 6.07) is 14.9. The number of rotatable bonds is 5. The molecule has 2 aromatic carbocycles. The second-order valence-electron chi connectivity index (χ2n) is 6.19. The number of carbonyl (C=O) groups is 1. The quantitative estimate of drug-likeness (QED) is 0.244. The molecule has 30 heavy (non-hydrogen) atoms. The number of hydrogen-bond acceptors (Lipinski definition) is 8. The van der Waals surface area contributed by atoms with Crippen LogP contribution in [0.2, 0.25) is 0 Å². The van der Waals surface area contributed by atoms with Gasteiger partial charge in [0.05, 0.1) is 12.7 Å². The molecule has 1 aliphatic rings. The molecule has 1 heterocycles. The van der Waals surface area contributed by atoms with Gasteiger partial charge in [-0.2, -0.15) is 9.84 Å². The van der Waals surface area contributed by atoms with Crippen LogP contribution in [-0.4, -0.2) is 43.6 Å². The number of para-hydroxylation sites is 1. The SMILES string of the molecule is CS(=O)(=O)O[O-].C[N+]1=C(/C(C#N)=C/c2ccc(O)c(OC=O)c2)Cc2ccccc21. The summed E-state index contributed by atoms with van der Waals surface area (Å²) in [6.45, 7) is 0.254. The molecule has 0 bridgehead atoms. The van der Waals surface area contributed by atoms with Gasteiger partial charge in [0.1, 0.15) is 18.7 Å². The van der Waals surface area contributed by atoms with Gasteiger partial charge in [0.2, 0.25) is 11.4 Å². The van der Waals surface area contributed by atoms with Crippen LogP contribution in [0.1, 0.15) is 11.1 Å². The lowest BCUT2D eigenvalue weighted by molar-refractivity contribution is -0.634. The van der Waals surface area contributed by atoms with Gasteiger partial charge in [-0.1, -0.05) is 24.3 Å². The third-order valence-corrected chi connectivity index (χ3v) is 4.39. The van der Waals surface area contributed by atoms with Crippen LogP contribution in [0.5, 0.6) is 11.5 Å². The topological polar surface area (TPSA) is 140 Å². The van der Waals surface area contributed by atoms with E-state index in [2.05, 4.69) is 10.4 Å². The van der Waals surface area contributed by atoms with Crippen molar-refractivity contribution in [3.8, 4) is 17.6 Å². The molecular formula is C20H18N2O7S. The molecule has 0 saturated carbocycles. The van der Waals surface area contributed by atoms with Gasteiger partial charge in [0, 0.05) is 11.6 Å². The van der Waals surface area contributed by atoms with E-state index in [0.717, 1.165) is 11.4 Å². The van der Waals surface area contributed by atoms with Crippen LogP contribution in [-0.2, 0) is 25.7 Å². The number of phenolic OH excluding ortho intramolecular Hbond substituents is 1. The monoisotopic (exact) mass is 430 g/mol. The van der Waals surface area contributed by atoms with Crippen molar-refractivity contribution in [2.45, 2.75) is 6.42 Å². The highest BCUT2D eigenvalue weighted by atomic mass is 32.2. The highest BCUT2D eigenvalue weighted by molar-refractivity contribution is 7.85. The Hall–Kier alpha value is -3.52. The average Bonchev–Trinajstić information content (AvgIpc) is 3.05. The van der Waals surface area contributed by atoms with Gasteiger partial charge < -0.3 is 19.4 Å². The van der Waals surface area contributed by atoms with Crippen LogP contribution in [0.4, 0.5) is 5.69 Å². The molecule has 0 unspecified atom stereocenters. The summed E-state index contributed by atoms with van der Waals surface area (Å²) in [7, 11) is -1.78. The zero-order valence-corrected chi connectivity index (χ0v) is 16.9. The third kappa shape index (κ3) is 5.74. The van der Waals surface area contributed by atoms with Crippen LogP contribution in [0.15, 0.2) is 48.0 Å². The number of allylic oxidation sites excluding steroid dienone is 1. The van der Waals surface area contributed by atoms with Gasteiger partial charge in [0.25, 0.3) is 16.6 Å². The summed E-state index contributed by atoms with van der Waals surface area (Å²) in [6.07, 6.45) is 3.08. The molecule has 2 aromatic rings. The van der Waals surface area contributed by atoms with E-state index >= 15 is 0 Å². The largest absolute Gasteiger partial charge is 0.707 e. The molecular weight excluding hydrogens is 412 g/mol. The molecule has 10 heteroatoms. The maximum atomic E-state index is 10.5. The molecule has 0 atom stereocenters. The summed E-state index contributed by atoms with van der Waals surface area (Å²) in [4.78, 5) is 10.5. The van der Waals surface area contributed by atoms with Crippen molar-refractivity contribution in [2.24, 2.45) is 0 Å². The highest BCUT2D eigenvalue weighted by Crippen LogP contribution is 2.30. The normalized spacial score (nSPS) is 13.1. The number of carbonyl (C=O) groups excluding carboxylic acids is 1. The van der Waals surface area contributed by atoms with Crippen molar-refractivity contribution in [3.63, 3.8) is 0 Å². The van der Waals surface area contributed by atoms with Crippen molar-refractivity contribution in [1.82, 2.24) is 0 Å². The zero-order chi connectivity index (χ0) is 22.3. The lowest BCUT2D eigenvalue weighted by atomic mass is 10.0. The Balaban J connectivity index is 0.000000469. The van der Waals surface area contributed by atoms with E-state index in [1.807, 2.05) is 35.9 Å². The smallest absolute Gasteiger partial charge is 0.298 e. The van der Waals surface area contributed by atoms with Crippen LogP contribution in [0.3, 0.4) is 0 Å². The van der Waals surface area contributed by atoms with Gasteiger partial charge in [0.15, 0.2) is 11.5 Å². The maximum absolute atomic E-state index is 10.5. The summed E-state index contributed by atoms with van der Waals surface area (Å²) >= 11 is 0. The number of hydrogen-bond donors (Lipinski definition) is 1. The van der Waals surface area contributed by atoms with E-state index < -0.39 is 10.1 Å². The molecule has 0 radical (unpaired) electrons. The number of nitriles is 1. The molecule has 0 amide bonds. The lowest BCUT2D eigenvalue weighted by Gasteiger charge is -2.03. The van der Waals surface area contributed by atoms with Gasteiger partial charge in [-0.15, -0.1) is 0 Å². The standard InChI is InChI=1S/C19H14N2O3.CH4O4S/c1-21-16-5-3-2-4-14(16)10-17(21)15(11-20)8-13-6-7-18(23)19(9-13)24-12-22;1-6(3,4)5-2/h2-9,12H,10H2,1H3;2H,1H3. The van der Waals surface area contributed by atoms with Crippen LogP contribution < -0.4 is 9.99 Å². The van der Waals surface area contributed by atoms with Crippen molar-refractivity contribution >= 4 is 34.1 Å². The van der Waals surface area contributed by atoms with Crippen molar-refractivity contribution < 1.29 is 37.2 Å². The summed E-state index contributed by atoms with van der Waals surface area (Å²) in [5.74, 6) is -0.0695. The molecule has 0 saturated heterocycles. The van der Waals surface area contributed by atoms with E-state index in [1.54, 1.807) is 12.1 Å². The Kier molecular flexibility index (Phi) is 7.43. The number of phenols is 1. The first-order valence-corrected chi connectivity index (χ1v) is 10.3. The highest BCUT2D eigenvalue weighted by Gasteiger charge is 2.29. The van der Waals surface area contributed by atoms with Gasteiger partial charge >= 0.3 is 0 Å². The van der Waals surface area contributed by atoms with Crippen molar-refractivity contribution in [2.75, 3.05) is 13.3 Å². The minimum atomic E-state index is -3.72. The number of aromatic hydroxyl groups is 1. The first kappa shape index (κ1) is 22.8. The fourth-order valence-electron chi connectivity index (χ4n) is 2.82. The molecule has 0 fully saturated rings. The molecule has 0 aliphatic carbocycles. The number of ether oxygens (including phenoxy) is 1. The maximum Gasteiger partial charge on any atom is 0.298 e. The first-order valence-electron chi connectivity index (χ1n) is 8.44. The predicted octanol–water partition coefficient (Wildman–Crippen LogP) is 1.04. The summed E-state index contributed by atoms with van der Waals surface area (Å²) in [5, 5.41) is 28.1. The number of nitrogens with zero attached hydrogens (tertiary/aromatic N) is 2. The van der Waals surface area contributed by atoms with E-state index in [9.17, 15) is 23.6 Å². The summed E-state index contributed by atoms with van der Waals surface area (Å²) in [5.41, 5.74) is 4.36. The number of fused-ring (bicyclic) bond motifs is 1. The second kappa shape index (κ2) is 9.80. The average molecular weight is 430 g/mol. The van der Waals surface area contributed by atoms with Gasteiger partial charge in [-0.25, -0.2) is 8.42 Å². The van der Waals surface area contributed by atoms with E-state index in [4.69, 9.17) is 9.99 Å². The minimum Gasteiger partial charge on any atom is -0.707 e. The Morgan fingerprint density at radius 1 is 1.30 bits per heavy atom. The molecule has 1 aliphatic heterocycles. The molecule has 9 nitrogen and oxygen atoms in total. The van der Waals surface area contributed by atoms with Gasteiger partial charge in [-0.05, 0) is 23.8 Å². The van der Waals surface area contributed by atoms with E-state index in [-0.39, 0.29) is 18.0 Å². The van der Waals surface area contributed by atoms with E-state index in [0.29, 0.717) is 23.8 Å². The second-order valence-corrected chi connectivity index (χ2v) is 7.74. The molecule has 0 spiro atoms. The first-order chi connectivity index (χ1) is 14.2. The number of benzene rings is 2.